The topological polar surface area (TPSA) is 62.3 Å². The Kier molecular flexibility index (Phi) is 6.76. The Morgan fingerprint density at radius 2 is 1.93 bits per heavy atom. The van der Waals surface area contributed by atoms with Crippen LogP contribution >= 0.6 is 38.6 Å². The van der Waals surface area contributed by atoms with Crippen LogP contribution in [-0.2, 0) is 29.0 Å². The van der Waals surface area contributed by atoms with Crippen molar-refractivity contribution in [2.24, 2.45) is 0 Å². The van der Waals surface area contributed by atoms with Gasteiger partial charge in [0.2, 0.25) is 11.8 Å². The lowest BCUT2D eigenvalue weighted by Gasteiger charge is -2.16. The quantitative estimate of drug-likeness (QED) is 0.566. The van der Waals surface area contributed by atoms with Gasteiger partial charge in [-0.15, -0.1) is 22.7 Å². The number of thiophene rings is 1. The van der Waals surface area contributed by atoms with Gasteiger partial charge in [-0.3, -0.25) is 9.59 Å². The lowest BCUT2D eigenvalue weighted by molar-refractivity contribution is -0.129. The number of thiazole rings is 1. The standard InChI is InChI=1S/C19H18BrN3O2S2/c1-23(11-13-4-6-14(20)7-5-13)18(25)9-15-12-27-19(21-15)22-17(24)10-16-3-2-8-26-16/h2-8,12H,9-11H2,1H3,(H,21,22,24). The molecule has 0 atom stereocenters. The number of carbonyl (C=O) groups excluding carboxylic acids is 2. The third-order valence-electron chi connectivity index (χ3n) is 3.80. The highest BCUT2D eigenvalue weighted by Gasteiger charge is 2.14. The molecule has 140 valence electrons. The van der Waals surface area contributed by atoms with Crippen LogP contribution in [0.3, 0.4) is 0 Å². The van der Waals surface area contributed by atoms with Crippen LogP contribution in [0.5, 0.6) is 0 Å². The van der Waals surface area contributed by atoms with Crippen LogP contribution in [0.25, 0.3) is 0 Å². The Labute approximate surface area is 174 Å². The van der Waals surface area contributed by atoms with E-state index in [1.54, 1.807) is 23.3 Å². The summed E-state index contributed by atoms with van der Waals surface area (Å²) in [5, 5.41) is 7.07. The summed E-state index contributed by atoms with van der Waals surface area (Å²) in [6.07, 6.45) is 0.547. The molecule has 0 radical (unpaired) electrons. The summed E-state index contributed by atoms with van der Waals surface area (Å²) in [5.41, 5.74) is 1.73. The van der Waals surface area contributed by atoms with E-state index in [1.807, 2.05) is 47.2 Å². The van der Waals surface area contributed by atoms with Crippen molar-refractivity contribution in [2.45, 2.75) is 19.4 Å². The average Bonchev–Trinajstić information content (AvgIpc) is 3.29. The van der Waals surface area contributed by atoms with E-state index in [4.69, 9.17) is 0 Å². The number of anilines is 1. The van der Waals surface area contributed by atoms with Gasteiger partial charge in [0.25, 0.3) is 0 Å². The van der Waals surface area contributed by atoms with Crippen LogP contribution in [0.1, 0.15) is 16.1 Å². The predicted octanol–water partition coefficient (Wildman–Crippen LogP) is 4.35. The number of rotatable bonds is 7. The van der Waals surface area contributed by atoms with Crippen molar-refractivity contribution >= 4 is 55.5 Å². The summed E-state index contributed by atoms with van der Waals surface area (Å²) in [7, 11) is 1.78. The zero-order valence-corrected chi connectivity index (χ0v) is 17.9. The first-order valence-corrected chi connectivity index (χ1v) is 10.8. The fourth-order valence-electron chi connectivity index (χ4n) is 2.42. The van der Waals surface area contributed by atoms with E-state index in [-0.39, 0.29) is 18.2 Å². The summed E-state index contributed by atoms with van der Waals surface area (Å²) in [6.45, 7) is 0.542. The van der Waals surface area contributed by atoms with Crippen LogP contribution in [0.4, 0.5) is 5.13 Å². The van der Waals surface area contributed by atoms with Crippen molar-refractivity contribution in [3.05, 3.63) is 67.8 Å². The van der Waals surface area contributed by atoms with Crippen molar-refractivity contribution in [3.63, 3.8) is 0 Å². The maximum absolute atomic E-state index is 12.4. The molecule has 0 saturated carbocycles. The first-order valence-electron chi connectivity index (χ1n) is 8.24. The van der Waals surface area contributed by atoms with E-state index in [0.717, 1.165) is 14.9 Å². The Morgan fingerprint density at radius 3 is 2.63 bits per heavy atom. The monoisotopic (exact) mass is 463 g/mol. The molecule has 2 heterocycles. The second kappa shape index (κ2) is 9.25. The highest BCUT2D eigenvalue weighted by Crippen LogP contribution is 2.18. The molecule has 0 fully saturated rings. The van der Waals surface area contributed by atoms with E-state index >= 15 is 0 Å². The van der Waals surface area contributed by atoms with Gasteiger partial charge in [0.15, 0.2) is 5.13 Å². The molecule has 3 rings (SSSR count). The molecular formula is C19H18BrN3O2S2. The number of halogens is 1. The zero-order valence-electron chi connectivity index (χ0n) is 14.6. The van der Waals surface area contributed by atoms with E-state index in [1.165, 1.54) is 11.3 Å². The molecular weight excluding hydrogens is 446 g/mol. The molecule has 0 aliphatic rings. The summed E-state index contributed by atoms with van der Waals surface area (Å²) >= 11 is 6.29. The number of benzene rings is 1. The van der Waals surface area contributed by atoms with Gasteiger partial charge in [-0.25, -0.2) is 4.98 Å². The zero-order chi connectivity index (χ0) is 19.2. The molecule has 1 aromatic carbocycles. The third kappa shape index (κ3) is 5.98. The summed E-state index contributed by atoms with van der Waals surface area (Å²) in [4.78, 5) is 31.5. The molecule has 0 unspecified atom stereocenters. The largest absolute Gasteiger partial charge is 0.341 e. The van der Waals surface area contributed by atoms with Gasteiger partial charge >= 0.3 is 0 Å². The van der Waals surface area contributed by atoms with Crippen molar-refractivity contribution < 1.29 is 9.59 Å². The van der Waals surface area contributed by atoms with E-state index < -0.39 is 0 Å². The van der Waals surface area contributed by atoms with Crippen LogP contribution in [0, 0.1) is 0 Å². The average molecular weight is 464 g/mol. The predicted molar refractivity (Wildman–Crippen MR) is 113 cm³/mol. The molecule has 8 heteroatoms. The third-order valence-corrected chi connectivity index (χ3v) is 6.02. The number of hydrogen-bond acceptors (Lipinski definition) is 5. The van der Waals surface area contributed by atoms with Gasteiger partial charge in [0, 0.05) is 28.3 Å². The number of carbonyl (C=O) groups is 2. The summed E-state index contributed by atoms with van der Waals surface area (Å²) in [5.74, 6) is -0.114. The van der Waals surface area contributed by atoms with Crippen molar-refractivity contribution in [1.29, 1.82) is 0 Å². The van der Waals surface area contributed by atoms with E-state index in [0.29, 0.717) is 23.8 Å². The first-order chi connectivity index (χ1) is 13.0. The van der Waals surface area contributed by atoms with Gasteiger partial charge < -0.3 is 10.2 Å². The summed E-state index contributed by atoms with van der Waals surface area (Å²) < 4.78 is 1.01. The van der Waals surface area contributed by atoms with Crippen LogP contribution in [0.15, 0.2) is 51.6 Å². The van der Waals surface area contributed by atoms with Crippen LogP contribution in [0.2, 0.25) is 0 Å². The van der Waals surface area contributed by atoms with Gasteiger partial charge in [-0.05, 0) is 29.1 Å². The molecule has 0 spiro atoms. The molecule has 27 heavy (non-hydrogen) atoms. The van der Waals surface area contributed by atoms with Crippen LogP contribution in [-0.4, -0.2) is 28.7 Å². The number of likely N-dealkylation sites (N-methyl/N-ethyl adjacent to an activating group) is 1. The number of nitrogens with zero attached hydrogens (tertiary/aromatic N) is 2. The van der Waals surface area contributed by atoms with Gasteiger partial charge in [0.1, 0.15) is 0 Å². The molecule has 0 aliphatic carbocycles. The maximum atomic E-state index is 12.4. The van der Waals surface area contributed by atoms with Crippen LogP contribution < -0.4 is 5.32 Å². The molecule has 0 saturated heterocycles. The molecule has 3 aromatic rings. The van der Waals surface area contributed by atoms with Gasteiger partial charge in [-0.2, -0.15) is 0 Å². The maximum Gasteiger partial charge on any atom is 0.231 e. The minimum atomic E-state index is -0.1000. The van der Waals surface area contributed by atoms with E-state index in [2.05, 4.69) is 26.2 Å². The first kappa shape index (κ1) is 19.7. The normalized spacial score (nSPS) is 10.6. The van der Waals surface area contributed by atoms with Crippen molar-refractivity contribution in [2.75, 3.05) is 12.4 Å². The molecule has 0 aliphatic heterocycles. The minimum absolute atomic E-state index is 0.0142. The Balaban J connectivity index is 1.51. The SMILES string of the molecule is CN(Cc1ccc(Br)cc1)C(=O)Cc1csc(NC(=O)Cc2cccs2)n1. The Bertz CT molecular complexity index is 907. The molecule has 2 aromatic heterocycles. The number of nitrogens with one attached hydrogen (secondary N) is 1. The highest BCUT2D eigenvalue weighted by atomic mass is 79.9. The van der Waals surface area contributed by atoms with Gasteiger partial charge in [-0.1, -0.05) is 34.1 Å². The number of hydrogen-bond donors (Lipinski definition) is 1. The number of amides is 2. The van der Waals surface area contributed by atoms with Gasteiger partial charge in [0.05, 0.1) is 18.5 Å². The lowest BCUT2D eigenvalue weighted by atomic mass is 10.2. The smallest absolute Gasteiger partial charge is 0.231 e. The molecule has 5 nitrogen and oxygen atoms in total. The van der Waals surface area contributed by atoms with Crippen molar-refractivity contribution in [1.82, 2.24) is 9.88 Å². The fourth-order valence-corrected chi connectivity index (χ4v) is 4.12. The number of aromatic nitrogens is 1. The highest BCUT2D eigenvalue weighted by molar-refractivity contribution is 9.10. The lowest BCUT2D eigenvalue weighted by Crippen LogP contribution is -2.27. The molecule has 0 bridgehead atoms. The molecule has 1 N–H and O–H groups in total. The fraction of sp³-hybridized carbons (Fsp3) is 0.211. The minimum Gasteiger partial charge on any atom is -0.341 e. The summed E-state index contributed by atoms with van der Waals surface area (Å²) in [6, 6.07) is 11.7. The van der Waals surface area contributed by atoms with Crippen molar-refractivity contribution in [3.8, 4) is 0 Å². The Morgan fingerprint density at radius 1 is 1.15 bits per heavy atom. The van der Waals surface area contributed by atoms with E-state index in [9.17, 15) is 9.59 Å². The second-order valence-electron chi connectivity index (χ2n) is 6.00. The Hall–Kier alpha value is -2.03. The molecule has 2 amide bonds. The second-order valence-corrected chi connectivity index (χ2v) is 8.81.